The first kappa shape index (κ1) is 16.3. The lowest BCUT2D eigenvalue weighted by Gasteiger charge is -2.38. The van der Waals surface area contributed by atoms with E-state index in [1.807, 2.05) is 30.3 Å². The van der Waals surface area contributed by atoms with E-state index >= 15 is 0 Å². The van der Waals surface area contributed by atoms with Gasteiger partial charge in [-0.05, 0) is 44.4 Å². The van der Waals surface area contributed by atoms with Crippen molar-refractivity contribution in [1.29, 1.82) is 0 Å². The van der Waals surface area contributed by atoms with E-state index < -0.39 is 0 Å². The third-order valence-electron chi connectivity index (χ3n) is 4.31. The molecule has 3 rings (SSSR count). The van der Waals surface area contributed by atoms with Crippen LogP contribution in [0.5, 0.6) is 0 Å². The van der Waals surface area contributed by atoms with Crippen molar-refractivity contribution in [1.82, 2.24) is 10.6 Å². The highest BCUT2D eigenvalue weighted by atomic mass is 35.5. The van der Waals surface area contributed by atoms with Crippen LogP contribution in [0.1, 0.15) is 36.0 Å². The summed E-state index contributed by atoms with van der Waals surface area (Å²) in [4.78, 5) is 12.0. The summed E-state index contributed by atoms with van der Waals surface area (Å²) in [5.74, 6) is -0.0154. The summed E-state index contributed by atoms with van der Waals surface area (Å²) in [6.45, 7) is 2.61. The monoisotopic (exact) mass is 310 g/mol. The van der Waals surface area contributed by atoms with Crippen molar-refractivity contribution in [2.45, 2.75) is 37.4 Å². The number of carbonyl (C=O) groups excluding carboxylic acids is 1. The molecule has 1 spiro atoms. The molecule has 2 N–H and O–H groups in total. The van der Waals surface area contributed by atoms with E-state index in [2.05, 4.69) is 10.6 Å². The highest BCUT2D eigenvalue weighted by molar-refractivity contribution is 5.94. The molecule has 2 aliphatic heterocycles. The molecule has 0 radical (unpaired) electrons. The summed E-state index contributed by atoms with van der Waals surface area (Å²) in [5, 5.41) is 6.37. The van der Waals surface area contributed by atoms with Gasteiger partial charge in [0.25, 0.3) is 5.91 Å². The highest BCUT2D eigenvalue weighted by Crippen LogP contribution is 2.33. The number of benzene rings is 1. The number of nitrogens with one attached hydrogen (secondary N) is 2. The predicted octanol–water partition coefficient (Wildman–Crippen LogP) is 2.14. The van der Waals surface area contributed by atoms with E-state index in [1.165, 1.54) is 6.42 Å². The summed E-state index contributed by atoms with van der Waals surface area (Å²) < 4.78 is 6.24. The third kappa shape index (κ3) is 3.96. The summed E-state index contributed by atoms with van der Waals surface area (Å²) >= 11 is 0. The predicted molar refractivity (Wildman–Crippen MR) is 85.0 cm³/mol. The van der Waals surface area contributed by atoms with Gasteiger partial charge in [0.15, 0.2) is 0 Å². The zero-order valence-corrected chi connectivity index (χ0v) is 13.0. The molecular formula is C16H23ClN2O2. The summed E-state index contributed by atoms with van der Waals surface area (Å²) in [5.41, 5.74) is 0.737. The third-order valence-corrected chi connectivity index (χ3v) is 4.31. The number of hydrogen-bond donors (Lipinski definition) is 2. The minimum absolute atomic E-state index is 0. The van der Waals surface area contributed by atoms with Crippen molar-refractivity contribution in [3.8, 4) is 0 Å². The molecule has 21 heavy (non-hydrogen) atoms. The van der Waals surface area contributed by atoms with Gasteiger partial charge < -0.3 is 15.4 Å². The largest absolute Gasteiger partial charge is 0.369 e. The van der Waals surface area contributed by atoms with E-state index in [0.717, 1.165) is 32.4 Å². The lowest BCUT2D eigenvalue weighted by molar-refractivity contribution is -0.113. The molecule has 0 bridgehead atoms. The number of rotatable bonds is 3. The zero-order valence-electron chi connectivity index (χ0n) is 12.1. The van der Waals surface area contributed by atoms with Crippen molar-refractivity contribution in [3.05, 3.63) is 35.9 Å². The quantitative estimate of drug-likeness (QED) is 0.899. The summed E-state index contributed by atoms with van der Waals surface area (Å²) in [7, 11) is 0. The minimum Gasteiger partial charge on any atom is -0.369 e. The molecule has 0 aliphatic carbocycles. The van der Waals surface area contributed by atoms with Crippen LogP contribution in [-0.2, 0) is 4.74 Å². The van der Waals surface area contributed by atoms with Crippen LogP contribution in [-0.4, -0.2) is 37.2 Å². The van der Waals surface area contributed by atoms with Crippen LogP contribution in [0, 0.1) is 0 Å². The topological polar surface area (TPSA) is 50.4 Å². The smallest absolute Gasteiger partial charge is 0.251 e. The first-order chi connectivity index (χ1) is 9.77. The minimum atomic E-state index is -0.0154. The van der Waals surface area contributed by atoms with E-state index in [4.69, 9.17) is 4.74 Å². The van der Waals surface area contributed by atoms with Crippen LogP contribution in [0.25, 0.3) is 0 Å². The van der Waals surface area contributed by atoms with E-state index in [0.29, 0.717) is 12.1 Å². The molecule has 2 aliphatic rings. The Bertz CT molecular complexity index is 461. The first-order valence-corrected chi connectivity index (χ1v) is 7.49. The Hall–Kier alpha value is -1.10. The average molecular weight is 311 g/mol. The molecule has 0 saturated carbocycles. The number of hydrogen-bond acceptors (Lipinski definition) is 3. The van der Waals surface area contributed by atoms with E-state index in [-0.39, 0.29) is 30.0 Å². The van der Waals surface area contributed by atoms with Crippen molar-refractivity contribution < 1.29 is 9.53 Å². The second-order valence-electron chi connectivity index (χ2n) is 5.82. The SMILES string of the molecule is Cl.O=C(NC[C@@H]1CCC[C@]2(CCNC2)O1)c1ccccc1. The van der Waals surface area contributed by atoms with Gasteiger partial charge in [-0.25, -0.2) is 0 Å². The number of ether oxygens (including phenoxy) is 1. The standard InChI is InChI=1S/C16H22N2O2.ClH/c19-15(13-5-2-1-3-6-13)18-11-14-7-4-8-16(20-14)9-10-17-12-16;/h1-3,5-6,14,17H,4,7-12H2,(H,18,19);1H/t14-,16+;/m0./s1. The number of carbonyl (C=O) groups is 1. The summed E-state index contributed by atoms with van der Waals surface area (Å²) in [6, 6.07) is 9.34. The molecule has 2 saturated heterocycles. The second kappa shape index (κ2) is 7.25. The van der Waals surface area contributed by atoms with Crippen LogP contribution in [0.2, 0.25) is 0 Å². The molecule has 1 amide bonds. The lowest BCUT2D eigenvalue weighted by Crippen LogP contribution is -2.46. The van der Waals surface area contributed by atoms with Gasteiger partial charge in [-0.3, -0.25) is 4.79 Å². The van der Waals surface area contributed by atoms with Gasteiger partial charge >= 0.3 is 0 Å². The van der Waals surface area contributed by atoms with Crippen LogP contribution in [0.15, 0.2) is 30.3 Å². The molecule has 2 atom stereocenters. The van der Waals surface area contributed by atoms with Crippen molar-refractivity contribution in [2.75, 3.05) is 19.6 Å². The zero-order chi connectivity index (χ0) is 13.8. The Morgan fingerprint density at radius 3 is 2.86 bits per heavy atom. The van der Waals surface area contributed by atoms with Crippen LogP contribution in [0.3, 0.4) is 0 Å². The van der Waals surface area contributed by atoms with Gasteiger partial charge in [-0.1, -0.05) is 18.2 Å². The fraction of sp³-hybridized carbons (Fsp3) is 0.562. The van der Waals surface area contributed by atoms with Gasteiger partial charge in [0.1, 0.15) is 0 Å². The summed E-state index contributed by atoms with van der Waals surface area (Å²) in [6.07, 6.45) is 4.61. The van der Waals surface area contributed by atoms with Crippen LogP contribution < -0.4 is 10.6 Å². The van der Waals surface area contributed by atoms with Crippen molar-refractivity contribution >= 4 is 18.3 Å². The van der Waals surface area contributed by atoms with Crippen molar-refractivity contribution in [3.63, 3.8) is 0 Å². The molecular weight excluding hydrogens is 288 g/mol. The Kier molecular flexibility index (Phi) is 5.62. The van der Waals surface area contributed by atoms with Crippen LogP contribution >= 0.6 is 12.4 Å². The molecule has 0 unspecified atom stereocenters. The van der Waals surface area contributed by atoms with Gasteiger partial charge in [-0.2, -0.15) is 0 Å². The van der Waals surface area contributed by atoms with Crippen molar-refractivity contribution in [2.24, 2.45) is 0 Å². The lowest BCUT2D eigenvalue weighted by atomic mass is 9.90. The molecule has 1 aromatic carbocycles. The first-order valence-electron chi connectivity index (χ1n) is 7.49. The number of halogens is 1. The fourth-order valence-corrected chi connectivity index (χ4v) is 3.20. The van der Waals surface area contributed by atoms with Crippen LogP contribution in [0.4, 0.5) is 0 Å². The molecule has 1 aromatic rings. The number of amides is 1. The van der Waals surface area contributed by atoms with Gasteiger partial charge in [0.2, 0.25) is 0 Å². The fourth-order valence-electron chi connectivity index (χ4n) is 3.20. The molecule has 2 fully saturated rings. The Labute approximate surface area is 132 Å². The van der Waals surface area contributed by atoms with Gasteiger partial charge in [0.05, 0.1) is 11.7 Å². The molecule has 5 heteroatoms. The van der Waals surface area contributed by atoms with E-state index in [9.17, 15) is 4.79 Å². The normalized spacial score (nSPS) is 28.1. The highest BCUT2D eigenvalue weighted by Gasteiger charge is 2.39. The maximum atomic E-state index is 12.0. The molecule has 4 nitrogen and oxygen atoms in total. The van der Waals surface area contributed by atoms with Gasteiger partial charge in [-0.15, -0.1) is 12.4 Å². The Morgan fingerprint density at radius 1 is 1.33 bits per heavy atom. The maximum absolute atomic E-state index is 12.0. The van der Waals surface area contributed by atoms with E-state index in [1.54, 1.807) is 0 Å². The Morgan fingerprint density at radius 2 is 2.14 bits per heavy atom. The molecule has 0 aromatic heterocycles. The maximum Gasteiger partial charge on any atom is 0.251 e. The Balaban J connectivity index is 0.00000161. The van der Waals surface area contributed by atoms with Gasteiger partial charge in [0, 0.05) is 18.7 Å². The second-order valence-corrected chi connectivity index (χ2v) is 5.82. The average Bonchev–Trinajstić information content (AvgIpc) is 2.93. The molecule has 2 heterocycles. The molecule has 116 valence electrons.